The Morgan fingerprint density at radius 1 is 1.22 bits per heavy atom. The molecule has 1 atom stereocenters. The highest BCUT2D eigenvalue weighted by Crippen LogP contribution is 2.22. The second-order valence-electron chi connectivity index (χ2n) is 6.05. The van der Waals surface area contributed by atoms with E-state index in [4.69, 9.17) is 0 Å². The van der Waals surface area contributed by atoms with Crippen molar-refractivity contribution < 1.29 is 0 Å². The predicted octanol–water partition coefficient (Wildman–Crippen LogP) is 3.52. The first-order valence-electron chi connectivity index (χ1n) is 8.17. The van der Waals surface area contributed by atoms with Gasteiger partial charge in [0.1, 0.15) is 0 Å². The summed E-state index contributed by atoms with van der Waals surface area (Å²) in [5, 5.41) is 3.28. The van der Waals surface area contributed by atoms with E-state index in [1.54, 1.807) is 0 Å². The third-order valence-electron chi connectivity index (χ3n) is 4.57. The van der Waals surface area contributed by atoms with E-state index < -0.39 is 0 Å². The fourth-order valence-electron chi connectivity index (χ4n) is 3.09. The van der Waals surface area contributed by atoms with Gasteiger partial charge in [0.2, 0.25) is 0 Å². The number of likely N-dealkylation sites (tertiary alicyclic amines) is 1. The van der Waals surface area contributed by atoms with Crippen molar-refractivity contribution in [3.05, 3.63) is 0 Å². The Labute approximate surface area is 115 Å². The van der Waals surface area contributed by atoms with Crippen LogP contribution in [0.3, 0.4) is 0 Å². The molecule has 0 aliphatic carbocycles. The van der Waals surface area contributed by atoms with Crippen molar-refractivity contribution in [3.8, 4) is 0 Å². The molecule has 0 aromatic heterocycles. The van der Waals surface area contributed by atoms with Crippen LogP contribution in [-0.2, 0) is 0 Å². The zero-order valence-corrected chi connectivity index (χ0v) is 12.9. The molecule has 0 aromatic carbocycles. The molecule has 0 amide bonds. The summed E-state index contributed by atoms with van der Waals surface area (Å²) >= 11 is 0. The Balaban J connectivity index is 2.17. The molecule has 0 radical (unpaired) electrons. The molecule has 0 aromatic rings. The average Bonchev–Trinajstić information content (AvgIpc) is 2.42. The molecular weight excluding hydrogens is 220 g/mol. The fraction of sp³-hybridized carbons (Fsp3) is 1.00. The van der Waals surface area contributed by atoms with Gasteiger partial charge in [0, 0.05) is 6.54 Å². The maximum Gasteiger partial charge on any atom is 0.000956 e. The Bertz CT molecular complexity index is 186. The zero-order valence-electron chi connectivity index (χ0n) is 12.9. The maximum atomic E-state index is 3.28. The molecule has 2 nitrogen and oxygen atoms in total. The number of hydrogen-bond donors (Lipinski definition) is 1. The summed E-state index contributed by atoms with van der Waals surface area (Å²) in [4.78, 5) is 2.72. The smallest absolute Gasteiger partial charge is 0.000956 e. The minimum absolute atomic E-state index is 0.943. The summed E-state index contributed by atoms with van der Waals surface area (Å²) in [7, 11) is 2.06. The van der Waals surface area contributed by atoms with E-state index in [0.717, 1.165) is 11.8 Å². The van der Waals surface area contributed by atoms with E-state index in [0.29, 0.717) is 0 Å². The van der Waals surface area contributed by atoms with Crippen LogP contribution < -0.4 is 5.32 Å². The molecule has 1 aliphatic rings. The van der Waals surface area contributed by atoms with Crippen LogP contribution in [-0.4, -0.2) is 38.1 Å². The van der Waals surface area contributed by atoms with Crippen LogP contribution in [0, 0.1) is 11.8 Å². The second kappa shape index (κ2) is 9.80. The first-order valence-corrected chi connectivity index (χ1v) is 8.17. The largest absolute Gasteiger partial charge is 0.320 e. The number of hydrogen-bond acceptors (Lipinski definition) is 2. The SMILES string of the molecule is CCCCC(CC)CN1CCC(CCNC)CC1. The summed E-state index contributed by atoms with van der Waals surface area (Å²) in [5.74, 6) is 1.92. The van der Waals surface area contributed by atoms with Crippen molar-refractivity contribution in [1.29, 1.82) is 0 Å². The molecule has 1 fully saturated rings. The Morgan fingerprint density at radius 3 is 2.50 bits per heavy atom. The molecule has 1 N–H and O–H groups in total. The van der Waals surface area contributed by atoms with E-state index in [1.165, 1.54) is 71.1 Å². The van der Waals surface area contributed by atoms with E-state index in [-0.39, 0.29) is 0 Å². The minimum Gasteiger partial charge on any atom is -0.320 e. The first kappa shape index (κ1) is 16.0. The van der Waals surface area contributed by atoms with Gasteiger partial charge in [-0.05, 0) is 64.2 Å². The van der Waals surface area contributed by atoms with Crippen molar-refractivity contribution in [2.45, 2.75) is 58.8 Å². The van der Waals surface area contributed by atoms with E-state index in [1.807, 2.05) is 0 Å². The molecule has 1 heterocycles. The summed E-state index contributed by atoms with van der Waals surface area (Å²) in [6.45, 7) is 9.90. The molecule has 0 saturated carbocycles. The average molecular weight is 254 g/mol. The van der Waals surface area contributed by atoms with Gasteiger partial charge in [-0.25, -0.2) is 0 Å². The molecular formula is C16H34N2. The van der Waals surface area contributed by atoms with E-state index >= 15 is 0 Å². The molecule has 0 spiro atoms. The monoisotopic (exact) mass is 254 g/mol. The topological polar surface area (TPSA) is 15.3 Å². The molecule has 1 aliphatic heterocycles. The minimum atomic E-state index is 0.943. The standard InChI is InChI=1S/C16H34N2/c1-4-6-7-15(5-2)14-18-12-9-16(10-13-18)8-11-17-3/h15-17H,4-14H2,1-3H3. The molecule has 18 heavy (non-hydrogen) atoms. The summed E-state index contributed by atoms with van der Waals surface area (Å²) in [6, 6.07) is 0. The maximum absolute atomic E-state index is 3.28. The number of nitrogens with one attached hydrogen (secondary N) is 1. The molecule has 2 heteroatoms. The third kappa shape index (κ3) is 6.19. The quantitative estimate of drug-likeness (QED) is 0.677. The molecule has 1 saturated heterocycles. The number of unbranched alkanes of at least 4 members (excludes halogenated alkanes) is 1. The number of rotatable bonds is 9. The van der Waals surface area contributed by atoms with Gasteiger partial charge in [0.15, 0.2) is 0 Å². The lowest BCUT2D eigenvalue weighted by atomic mass is 9.92. The zero-order chi connectivity index (χ0) is 13.2. The lowest BCUT2D eigenvalue weighted by Crippen LogP contribution is -2.37. The van der Waals surface area contributed by atoms with Gasteiger partial charge in [-0.2, -0.15) is 0 Å². The summed E-state index contributed by atoms with van der Waals surface area (Å²) in [5.41, 5.74) is 0. The molecule has 1 unspecified atom stereocenters. The summed E-state index contributed by atoms with van der Waals surface area (Å²) < 4.78 is 0. The van der Waals surface area contributed by atoms with Gasteiger partial charge in [-0.3, -0.25) is 0 Å². The van der Waals surface area contributed by atoms with Crippen molar-refractivity contribution in [3.63, 3.8) is 0 Å². The van der Waals surface area contributed by atoms with E-state index in [2.05, 4.69) is 31.1 Å². The summed E-state index contributed by atoms with van der Waals surface area (Å²) in [6.07, 6.45) is 9.78. The third-order valence-corrected chi connectivity index (χ3v) is 4.57. The van der Waals surface area contributed by atoms with E-state index in [9.17, 15) is 0 Å². The highest BCUT2D eigenvalue weighted by atomic mass is 15.1. The van der Waals surface area contributed by atoms with Crippen molar-refractivity contribution in [1.82, 2.24) is 10.2 Å². The van der Waals surface area contributed by atoms with Gasteiger partial charge < -0.3 is 10.2 Å². The van der Waals surface area contributed by atoms with Gasteiger partial charge in [-0.15, -0.1) is 0 Å². The van der Waals surface area contributed by atoms with Crippen LogP contribution in [0.4, 0.5) is 0 Å². The molecule has 108 valence electrons. The van der Waals surface area contributed by atoms with Crippen LogP contribution >= 0.6 is 0 Å². The van der Waals surface area contributed by atoms with Crippen LogP contribution in [0.2, 0.25) is 0 Å². The first-order chi connectivity index (χ1) is 8.80. The van der Waals surface area contributed by atoms with Crippen LogP contribution in [0.25, 0.3) is 0 Å². The predicted molar refractivity (Wildman–Crippen MR) is 81.0 cm³/mol. The van der Waals surface area contributed by atoms with Crippen molar-refractivity contribution in [2.75, 3.05) is 33.2 Å². The number of nitrogens with zero attached hydrogens (tertiary/aromatic N) is 1. The lowest BCUT2D eigenvalue weighted by molar-refractivity contribution is 0.151. The van der Waals surface area contributed by atoms with Crippen LogP contribution in [0.5, 0.6) is 0 Å². The van der Waals surface area contributed by atoms with Gasteiger partial charge in [0.05, 0.1) is 0 Å². The van der Waals surface area contributed by atoms with Crippen molar-refractivity contribution in [2.24, 2.45) is 11.8 Å². The van der Waals surface area contributed by atoms with Gasteiger partial charge >= 0.3 is 0 Å². The van der Waals surface area contributed by atoms with Crippen LogP contribution in [0.15, 0.2) is 0 Å². The highest BCUT2D eigenvalue weighted by Gasteiger charge is 2.20. The Kier molecular flexibility index (Phi) is 8.70. The van der Waals surface area contributed by atoms with Gasteiger partial charge in [-0.1, -0.05) is 33.1 Å². The number of piperidine rings is 1. The fourth-order valence-corrected chi connectivity index (χ4v) is 3.09. The molecule has 1 rings (SSSR count). The molecule has 0 bridgehead atoms. The Hall–Kier alpha value is -0.0800. The van der Waals surface area contributed by atoms with Gasteiger partial charge in [0.25, 0.3) is 0 Å². The van der Waals surface area contributed by atoms with Crippen molar-refractivity contribution >= 4 is 0 Å². The normalized spacial score (nSPS) is 20.2. The van der Waals surface area contributed by atoms with Crippen LogP contribution in [0.1, 0.15) is 58.8 Å². The second-order valence-corrected chi connectivity index (χ2v) is 6.05. The Morgan fingerprint density at radius 2 is 1.94 bits per heavy atom. The highest BCUT2D eigenvalue weighted by molar-refractivity contribution is 4.74. The lowest BCUT2D eigenvalue weighted by Gasteiger charge is -2.34.